The van der Waals surface area contributed by atoms with Gasteiger partial charge in [-0.25, -0.2) is 4.98 Å². The molecule has 0 amide bonds. The predicted octanol–water partition coefficient (Wildman–Crippen LogP) is 3.37. The Bertz CT molecular complexity index is 716. The Kier molecular flexibility index (Phi) is 3.42. The zero-order valence-electron chi connectivity index (χ0n) is 11.8. The highest BCUT2D eigenvalue weighted by Crippen LogP contribution is 2.21. The maximum absolute atomic E-state index is 5.27. The van der Waals surface area contributed by atoms with Crippen molar-refractivity contribution in [3.8, 4) is 5.75 Å². The Labute approximate surface area is 118 Å². The van der Waals surface area contributed by atoms with E-state index in [0.29, 0.717) is 0 Å². The molecule has 0 bridgehead atoms. The zero-order chi connectivity index (χ0) is 13.9. The summed E-state index contributed by atoms with van der Waals surface area (Å²) in [5.74, 6) is 1.98. The number of ether oxygens (including phenoxy) is 1. The fourth-order valence-corrected chi connectivity index (χ4v) is 2.47. The molecule has 1 aromatic heterocycles. The normalized spacial score (nSPS) is 10.9. The van der Waals surface area contributed by atoms with E-state index >= 15 is 0 Å². The average Bonchev–Trinajstić information content (AvgIpc) is 2.82. The Morgan fingerprint density at radius 1 is 1.05 bits per heavy atom. The van der Waals surface area contributed by atoms with Gasteiger partial charge in [-0.05, 0) is 24.1 Å². The number of hydrogen-bond acceptors (Lipinski definition) is 2. The molecule has 3 heteroatoms. The molecule has 0 fully saturated rings. The third-order valence-electron chi connectivity index (χ3n) is 3.66. The molecule has 2 aromatic carbocycles. The van der Waals surface area contributed by atoms with Crippen molar-refractivity contribution in [3.63, 3.8) is 0 Å². The topological polar surface area (TPSA) is 27.1 Å². The van der Waals surface area contributed by atoms with Gasteiger partial charge in [0.1, 0.15) is 11.6 Å². The van der Waals surface area contributed by atoms with Gasteiger partial charge in [0.2, 0.25) is 0 Å². The van der Waals surface area contributed by atoms with E-state index in [4.69, 9.17) is 9.72 Å². The summed E-state index contributed by atoms with van der Waals surface area (Å²) in [5.41, 5.74) is 3.49. The van der Waals surface area contributed by atoms with Crippen LogP contribution in [0.2, 0.25) is 0 Å². The summed E-state index contributed by atoms with van der Waals surface area (Å²) in [7, 11) is 3.75. The second-order valence-electron chi connectivity index (χ2n) is 4.93. The number of imidazole rings is 1. The Balaban J connectivity index is 1.86. The van der Waals surface area contributed by atoms with Crippen LogP contribution in [-0.4, -0.2) is 16.7 Å². The summed E-state index contributed by atoms with van der Waals surface area (Å²) in [4.78, 5) is 4.71. The summed E-state index contributed by atoms with van der Waals surface area (Å²) in [6.07, 6.45) is 1.95. The number of fused-ring (bicyclic) bond motifs is 1. The van der Waals surface area contributed by atoms with Gasteiger partial charge in [-0.1, -0.05) is 30.3 Å². The highest BCUT2D eigenvalue weighted by atomic mass is 16.5. The zero-order valence-corrected chi connectivity index (χ0v) is 11.8. The lowest BCUT2D eigenvalue weighted by molar-refractivity contribution is 0.415. The van der Waals surface area contributed by atoms with Crippen molar-refractivity contribution in [2.45, 2.75) is 12.8 Å². The van der Waals surface area contributed by atoms with Crippen LogP contribution in [0.4, 0.5) is 0 Å². The molecule has 1 heterocycles. The van der Waals surface area contributed by atoms with E-state index in [1.807, 2.05) is 24.3 Å². The van der Waals surface area contributed by atoms with Crippen LogP contribution in [0.5, 0.6) is 5.75 Å². The molecule has 0 radical (unpaired) electrons. The molecule has 0 aliphatic carbocycles. The number of aromatic nitrogens is 2. The molecule has 0 saturated carbocycles. The van der Waals surface area contributed by atoms with Gasteiger partial charge in [0.05, 0.1) is 18.1 Å². The van der Waals surface area contributed by atoms with Crippen LogP contribution in [0.15, 0.2) is 48.5 Å². The van der Waals surface area contributed by atoms with Gasteiger partial charge in [0, 0.05) is 19.5 Å². The van der Waals surface area contributed by atoms with Crippen molar-refractivity contribution >= 4 is 11.0 Å². The van der Waals surface area contributed by atoms with Gasteiger partial charge < -0.3 is 9.30 Å². The Hall–Kier alpha value is -2.29. The van der Waals surface area contributed by atoms with Gasteiger partial charge in [-0.15, -0.1) is 0 Å². The number of rotatable bonds is 4. The first kappa shape index (κ1) is 12.7. The highest BCUT2D eigenvalue weighted by molar-refractivity contribution is 5.77. The van der Waals surface area contributed by atoms with Crippen molar-refractivity contribution < 1.29 is 4.74 Å². The quantitative estimate of drug-likeness (QED) is 0.724. The number of benzene rings is 2. The fourth-order valence-electron chi connectivity index (χ4n) is 2.47. The van der Waals surface area contributed by atoms with Crippen LogP contribution in [0, 0.1) is 0 Å². The smallest absolute Gasteiger partial charge is 0.121 e. The first-order valence-electron chi connectivity index (χ1n) is 6.81. The van der Waals surface area contributed by atoms with Gasteiger partial charge in [-0.3, -0.25) is 0 Å². The molecule has 0 saturated heterocycles. The number of aryl methyl sites for hydroxylation is 3. The first-order valence-corrected chi connectivity index (χ1v) is 6.81. The molecule has 102 valence electrons. The van der Waals surface area contributed by atoms with Gasteiger partial charge in [0.15, 0.2) is 0 Å². The van der Waals surface area contributed by atoms with Gasteiger partial charge in [-0.2, -0.15) is 0 Å². The van der Waals surface area contributed by atoms with E-state index in [1.165, 1.54) is 5.56 Å². The van der Waals surface area contributed by atoms with Crippen molar-refractivity contribution in [2.24, 2.45) is 7.05 Å². The van der Waals surface area contributed by atoms with Gasteiger partial charge >= 0.3 is 0 Å². The molecular weight excluding hydrogens is 248 g/mol. The molecule has 20 heavy (non-hydrogen) atoms. The third-order valence-corrected chi connectivity index (χ3v) is 3.66. The molecule has 0 unspecified atom stereocenters. The van der Waals surface area contributed by atoms with E-state index in [9.17, 15) is 0 Å². The lowest BCUT2D eigenvalue weighted by Crippen LogP contribution is -2.00. The molecule has 0 aliphatic heterocycles. The first-order chi connectivity index (χ1) is 9.78. The number of methoxy groups -OCH3 is 1. The van der Waals surface area contributed by atoms with Crippen molar-refractivity contribution in [1.29, 1.82) is 0 Å². The monoisotopic (exact) mass is 266 g/mol. The van der Waals surface area contributed by atoms with Crippen LogP contribution in [-0.2, 0) is 19.9 Å². The maximum Gasteiger partial charge on any atom is 0.121 e. The van der Waals surface area contributed by atoms with E-state index < -0.39 is 0 Å². The minimum absolute atomic E-state index is 0.870. The van der Waals surface area contributed by atoms with Crippen LogP contribution >= 0.6 is 0 Å². The van der Waals surface area contributed by atoms with Crippen LogP contribution in [0.1, 0.15) is 11.4 Å². The molecule has 0 aliphatic rings. The number of hydrogen-bond donors (Lipinski definition) is 0. The largest absolute Gasteiger partial charge is 0.497 e. The summed E-state index contributed by atoms with van der Waals surface area (Å²) < 4.78 is 7.43. The minimum atomic E-state index is 0.870. The SMILES string of the molecule is COc1ccc2nc(CCc3ccccc3)n(C)c2c1. The summed E-state index contributed by atoms with van der Waals surface area (Å²) >= 11 is 0. The minimum Gasteiger partial charge on any atom is -0.497 e. The second-order valence-corrected chi connectivity index (χ2v) is 4.93. The summed E-state index contributed by atoms with van der Waals surface area (Å²) in [6.45, 7) is 0. The standard InChI is InChI=1S/C17H18N2O/c1-19-16-12-14(20-2)9-10-15(16)18-17(19)11-8-13-6-4-3-5-7-13/h3-7,9-10,12H,8,11H2,1-2H3. The summed E-state index contributed by atoms with van der Waals surface area (Å²) in [6, 6.07) is 16.5. The molecule has 3 nitrogen and oxygen atoms in total. The van der Waals surface area contributed by atoms with Crippen molar-refractivity contribution in [3.05, 3.63) is 59.9 Å². The molecular formula is C17H18N2O. The van der Waals surface area contributed by atoms with Crippen molar-refractivity contribution in [1.82, 2.24) is 9.55 Å². The third kappa shape index (κ3) is 2.39. The molecule has 0 spiro atoms. The Morgan fingerprint density at radius 3 is 2.60 bits per heavy atom. The summed E-state index contributed by atoms with van der Waals surface area (Å²) in [5, 5.41) is 0. The lowest BCUT2D eigenvalue weighted by Gasteiger charge is -2.03. The maximum atomic E-state index is 5.27. The fraction of sp³-hybridized carbons (Fsp3) is 0.235. The van der Waals surface area contributed by atoms with E-state index in [0.717, 1.165) is 35.4 Å². The van der Waals surface area contributed by atoms with Crippen LogP contribution in [0.3, 0.4) is 0 Å². The highest BCUT2D eigenvalue weighted by Gasteiger charge is 2.08. The van der Waals surface area contributed by atoms with E-state index in [1.54, 1.807) is 7.11 Å². The lowest BCUT2D eigenvalue weighted by atomic mass is 10.1. The Morgan fingerprint density at radius 2 is 1.85 bits per heavy atom. The predicted molar refractivity (Wildman–Crippen MR) is 81.1 cm³/mol. The second kappa shape index (κ2) is 5.37. The van der Waals surface area contributed by atoms with E-state index in [2.05, 4.69) is 35.9 Å². The molecule has 0 atom stereocenters. The van der Waals surface area contributed by atoms with Gasteiger partial charge in [0.25, 0.3) is 0 Å². The number of nitrogens with zero attached hydrogens (tertiary/aromatic N) is 2. The van der Waals surface area contributed by atoms with Crippen LogP contribution < -0.4 is 4.74 Å². The molecule has 3 aromatic rings. The van der Waals surface area contributed by atoms with Crippen molar-refractivity contribution in [2.75, 3.05) is 7.11 Å². The van der Waals surface area contributed by atoms with E-state index in [-0.39, 0.29) is 0 Å². The molecule has 0 N–H and O–H groups in total. The molecule has 3 rings (SSSR count). The average molecular weight is 266 g/mol. The van der Waals surface area contributed by atoms with Crippen LogP contribution in [0.25, 0.3) is 11.0 Å².